The first-order valence-corrected chi connectivity index (χ1v) is 8.06. The first-order valence-electron chi connectivity index (χ1n) is 7.69. The molecule has 2 aromatic carbocycles. The number of anilines is 2. The van der Waals surface area contributed by atoms with Crippen molar-refractivity contribution < 1.29 is 5.11 Å². The van der Waals surface area contributed by atoms with Gasteiger partial charge in [-0.05, 0) is 44.4 Å². The van der Waals surface area contributed by atoms with E-state index in [0.29, 0.717) is 16.5 Å². The van der Waals surface area contributed by atoms with E-state index < -0.39 is 0 Å². The standard InChI is InChI=1S/C18H19ClN4O/c1-23(2)10-9-17-20-14-6-4-3-5-13(14)18(22-17)21-15-11-12(19)7-8-16(15)24/h3-8,11,24H,9-10H2,1-2H3,(H,20,21,22). The van der Waals surface area contributed by atoms with Crippen molar-refractivity contribution in [2.24, 2.45) is 0 Å². The monoisotopic (exact) mass is 342 g/mol. The van der Waals surface area contributed by atoms with Crippen LogP contribution < -0.4 is 5.32 Å². The van der Waals surface area contributed by atoms with E-state index in [9.17, 15) is 5.11 Å². The molecule has 0 aliphatic heterocycles. The van der Waals surface area contributed by atoms with Gasteiger partial charge in [-0.3, -0.25) is 0 Å². The van der Waals surface area contributed by atoms with E-state index >= 15 is 0 Å². The normalized spacial score (nSPS) is 11.2. The van der Waals surface area contributed by atoms with Crippen LogP contribution in [0.5, 0.6) is 5.75 Å². The average molecular weight is 343 g/mol. The predicted octanol–water partition coefficient (Wildman–Crippen LogP) is 3.84. The molecule has 0 bridgehead atoms. The zero-order valence-electron chi connectivity index (χ0n) is 13.6. The van der Waals surface area contributed by atoms with E-state index in [4.69, 9.17) is 11.6 Å². The van der Waals surface area contributed by atoms with Crippen LogP contribution in [0.2, 0.25) is 5.02 Å². The van der Waals surface area contributed by atoms with Crippen molar-refractivity contribution in [3.8, 4) is 5.75 Å². The summed E-state index contributed by atoms with van der Waals surface area (Å²) >= 11 is 6.03. The number of aromatic nitrogens is 2. The Balaban J connectivity index is 2.02. The molecular formula is C18H19ClN4O. The van der Waals surface area contributed by atoms with Gasteiger partial charge in [-0.2, -0.15) is 0 Å². The van der Waals surface area contributed by atoms with Crippen LogP contribution in [0.25, 0.3) is 10.9 Å². The fraction of sp³-hybridized carbons (Fsp3) is 0.222. The number of fused-ring (bicyclic) bond motifs is 1. The molecule has 0 saturated carbocycles. The molecule has 0 aliphatic rings. The van der Waals surface area contributed by atoms with Gasteiger partial charge in [0.1, 0.15) is 17.4 Å². The molecular weight excluding hydrogens is 324 g/mol. The van der Waals surface area contributed by atoms with E-state index in [1.807, 2.05) is 38.4 Å². The summed E-state index contributed by atoms with van der Waals surface area (Å²) in [5.41, 5.74) is 1.38. The zero-order valence-corrected chi connectivity index (χ0v) is 14.4. The molecule has 6 heteroatoms. The Morgan fingerprint density at radius 3 is 2.71 bits per heavy atom. The highest BCUT2D eigenvalue weighted by atomic mass is 35.5. The molecule has 0 unspecified atom stereocenters. The third-order valence-electron chi connectivity index (χ3n) is 3.64. The highest BCUT2D eigenvalue weighted by Crippen LogP contribution is 2.31. The Hall–Kier alpha value is -2.37. The number of nitrogens with zero attached hydrogens (tertiary/aromatic N) is 3. The second kappa shape index (κ2) is 7.03. The Bertz CT molecular complexity index is 867. The van der Waals surface area contributed by atoms with Gasteiger partial charge in [0.15, 0.2) is 0 Å². The second-order valence-electron chi connectivity index (χ2n) is 5.85. The van der Waals surface area contributed by atoms with Gasteiger partial charge in [-0.25, -0.2) is 9.97 Å². The van der Waals surface area contributed by atoms with Crippen molar-refractivity contribution in [3.63, 3.8) is 0 Å². The van der Waals surface area contributed by atoms with Crippen LogP contribution in [-0.2, 0) is 6.42 Å². The largest absolute Gasteiger partial charge is 0.506 e. The maximum absolute atomic E-state index is 10.0. The first kappa shape index (κ1) is 16.5. The average Bonchev–Trinajstić information content (AvgIpc) is 2.56. The summed E-state index contributed by atoms with van der Waals surface area (Å²) in [6.07, 6.45) is 0.744. The number of benzene rings is 2. The highest BCUT2D eigenvalue weighted by molar-refractivity contribution is 6.31. The molecule has 124 valence electrons. The van der Waals surface area contributed by atoms with Crippen LogP contribution in [0.4, 0.5) is 11.5 Å². The summed E-state index contributed by atoms with van der Waals surface area (Å²) in [6.45, 7) is 0.861. The van der Waals surface area contributed by atoms with E-state index in [0.717, 1.165) is 29.7 Å². The smallest absolute Gasteiger partial charge is 0.142 e. The van der Waals surface area contributed by atoms with Crippen LogP contribution >= 0.6 is 11.6 Å². The van der Waals surface area contributed by atoms with Gasteiger partial charge in [-0.15, -0.1) is 0 Å². The lowest BCUT2D eigenvalue weighted by molar-refractivity contribution is 0.410. The van der Waals surface area contributed by atoms with Crippen molar-refractivity contribution in [1.82, 2.24) is 14.9 Å². The quantitative estimate of drug-likeness (QED) is 0.690. The number of hydrogen-bond acceptors (Lipinski definition) is 5. The predicted molar refractivity (Wildman–Crippen MR) is 98.2 cm³/mol. The summed E-state index contributed by atoms with van der Waals surface area (Å²) in [7, 11) is 4.04. The van der Waals surface area contributed by atoms with E-state index in [1.54, 1.807) is 18.2 Å². The van der Waals surface area contributed by atoms with E-state index in [2.05, 4.69) is 20.2 Å². The lowest BCUT2D eigenvalue weighted by Crippen LogP contribution is -2.16. The number of halogens is 1. The van der Waals surface area contributed by atoms with Gasteiger partial charge in [0.2, 0.25) is 0 Å². The summed E-state index contributed by atoms with van der Waals surface area (Å²) in [5, 5.41) is 14.7. The van der Waals surface area contributed by atoms with Gasteiger partial charge in [0.05, 0.1) is 11.2 Å². The molecule has 0 radical (unpaired) electrons. The number of likely N-dealkylation sites (N-methyl/N-ethyl adjacent to an activating group) is 1. The van der Waals surface area contributed by atoms with Crippen molar-refractivity contribution >= 4 is 34.0 Å². The molecule has 5 nitrogen and oxygen atoms in total. The lowest BCUT2D eigenvalue weighted by Gasteiger charge is -2.13. The Labute approximate surface area is 145 Å². The number of nitrogens with one attached hydrogen (secondary N) is 1. The molecule has 0 saturated heterocycles. The topological polar surface area (TPSA) is 61.3 Å². The number of phenols is 1. The van der Waals surface area contributed by atoms with Gasteiger partial charge in [-0.1, -0.05) is 23.7 Å². The van der Waals surface area contributed by atoms with Crippen LogP contribution in [0.15, 0.2) is 42.5 Å². The first-order chi connectivity index (χ1) is 11.5. The molecule has 1 heterocycles. The molecule has 0 atom stereocenters. The molecule has 3 aromatic rings. The Morgan fingerprint density at radius 1 is 1.12 bits per heavy atom. The van der Waals surface area contributed by atoms with E-state index in [-0.39, 0.29) is 5.75 Å². The van der Waals surface area contributed by atoms with Crippen molar-refractivity contribution in [1.29, 1.82) is 0 Å². The minimum Gasteiger partial charge on any atom is -0.506 e. The number of para-hydroxylation sites is 1. The lowest BCUT2D eigenvalue weighted by atomic mass is 10.2. The number of rotatable bonds is 5. The summed E-state index contributed by atoms with van der Waals surface area (Å²) in [6, 6.07) is 12.7. The summed E-state index contributed by atoms with van der Waals surface area (Å²) < 4.78 is 0. The second-order valence-corrected chi connectivity index (χ2v) is 6.28. The summed E-state index contributed by atoms with van der Waals surface area (Å²) in [4.78, 5) is 11.4. The van der Waals surface area contributed by atoms with Crippen LogP contribution in [0, 0.1) is 0 Å². The van der Waals surface area contributed by atoms with Gasteiger partial charge in [0.25, 0.3) is 0 Å². The maximum atomic E-state index is 10.0. The molecule has 0 spiro atoms. The number of hydrogen-bond donors (Lipinski definition) is 2. The molecule has 24 heavy (non-hydrogen) atoms. The molecule has 3 rings (SSSR count). The van der Waals surface area contributed by atoms with Crippen molar-refractivity contribution in [3.05, 3.63) is 53.3 Å². The third kappa shape index (κ3) is 3.75. The highest BCUT2D eigenvalue weighted by Gasteiger charge is 2.10. The summed E-state index contributed by atoms with van der Waals surface area (Å²) in [5.74, 6) is 1.54. The minimum absolute atomic E-state index is 0.122. The molecule has 0 fully saturated rings. The van der Waals surface area contributed by atoms with Crippen LogP contribution in [0.1, 0.15) is 5.82 Å². The van der Waals surface area contributed by atoms with Crippen molar-refractivity contribution in [2.45, 2.75) is 6.42 Å². The Morgan fingerprint density at radius 2 is 1.92 bits per heavy atom. The van der Waals surface area contributed by atoms with Gasteiger partial charge in [0, 0.05) is 23.4 Å². The maximum Gasteiger partial charge on any atom is 0.142 e. The molecule has 2 N–H and O–H groups in total. The van der Waals surface area contributed by atoms with Crippen molar-refractivity contribution in [2.75, 3.05) is 26.0 Å². The SMILES string of the molecule is CN(C)CCc1nc(Nc2cc(Cl)ccc2O)c2ccccc2n1. The van der Waals surface area contributed by atoms with Crippen LogP contribution in [0.3, 0.4) is 0 Å². The van der Waals surface area contributed by atoms with Crippen LogP contribution in [-0.4, -0.2) is 40.6 Å². The fourth-order valence-electron chi connectivity index (χ4n) is 2.39. The molecule has 1 aromatic heterocycles. The van der Waals surface area contributed by atoms with Gasteiger partial charge < -0.3 is 15.3 Å². The van der Waals surface area contributed by atoms with E-state index in [1.165, 1.54) is 0 Å². The fourth-order valence-corrected chi connectivity index (χ4v) is 2.56. The zero-order chi connectivity index (χ0) is 17.1. The molecule has 0 amide bonds. The third-order valence-corrected chi connectivity index (χ3v) is 3.88. The van der Waals surface area contributed by atoms with Gasteiger partial charge >= 0.3 is 0 Å². The molecule has 0 aliphatic carbocycles. The minimum atomic E-state index is 0.122. The number of phenolic OH excluding ortho intramolecular Hbond substituents is 1. The Kier molecular flexibility index (Phi) is 4.83. The number of aromatic hydroxyl groups is 1.